The van der Waals surface area contributed by atoms with E-state index < -0.39 is 0 Å². The van der Waals surface area contributed by atoms with Gasteiger partial charge >= 0.3 is 5.97 Å². The van der Waals surface area contributed by atoms with Gasteiger partial charge in [-0.15, -0.1) is 0 Å². The van der Waals surface area contributed by atoms with E-state index in [0.717, 1.165) is 12.0 Å². The number of hydrogen-bond acceptors (Lipinski definition) is 3. The summed E-state index contributed by atoms with van der Waals surface area (Å²) in [5.74, 6) is 0.380. The van der Waals surface area contributed by atoms with Gasteiger partial charge in [0.05, 0.1) is 12.0 Å². The fourth-order valence-electron chi connectivity index (χ4n) is 1.64. The van der Waals surface area contributed by atoms with Crippen molar-refractivity contribution in [1.82, 2.24) is 0 Å². The van der Waals surface area contributed by atoms with E-state index in [0.29, 0.717) is 11.9 Å². The average Bonchev–Trinajstić information content (AvgIpc) is 3.06. The molecule has 3 atom stereocenters. The molecular formula is C14H18O3. The first-order chi connectivity index (χ1) is 8.11. The second kappa shape index (κ2) is 4.88. The van der Waals surface area contributed by atoms with E-state index in [1.165, 1.54) is 0 Å². The Morgan fingerprint density at radius 2 is 2.00 bits per heavy atom. The number of rotatable bonds is 4. The molecule has 1 aliphatic rings. The molecule has 1 aliphatic heterocycles. The number of benzene rings is 1. The lowest BCUT2D eigenvalue weighted by Gasteiger charge is -2.08. The molecule has 1 fully saturated rings. The molecule has 3 nitrogen and oxygen atoms in total. The average molecular weight is 234 g/mol. The third kappa shape index (κ3) is 2.86. The monoisotopic (exact) mass is 234 g/mol. The summed E-state index contributed by atoms with van der Waals surface area (Å²) in [5.41, 5.74) is 1.14. The van der Waals surface area contributed by atoms with Gasteiger partial charge in [0, 0.05) is 0 Å². The van der Waals surface area contributed by atoms with E-state index in [-0.39, 0.29) is 18.0 Å². The molecule has 92 valence electrons. The smallest absolute Gasteiger partial charge is 0.314 e. The zero-order valence-corrected chi connectivity index (χ0v) is 10.5. The third-order valence-corrected chi connectivity index (χ3v) is 3.15. The molecule has 0 N–H and O–H groups in total. The summed E-state index contributed by atoms with van der Waals surface area (Å²) < 4.78 is 10.6. The minimum atomic E-state index is -0.170. The van der Waals surface area contributed by atoms with Crippen molar-refractivity contribution in [2.45, 2.75) is 39.4 Å². The standard InChI is InChI=1S/C14H18O3/c1-4-9(2)14(15)17-12-7-5-11(6-8-12)13-10(3)16-13/h5-10,13H,4H2,1-3H3/t9-,10+,13-/m0/s1. The van der Waals surface area contributed by atoms with Crippen LogP contribution in [-0.2, 0) is 9.53 Å². The lowest BCUT2D eigenvalue weighted by molar-refractivity contribution is -0.138. The zero-order chi connectivity index (χ0) is 12.4. The third-order valence-electron chi connectivity index (χ3n) is 3.15. The molecule has 0 unspecified atom stereocenters. The van der Waals surface area contributed by atoms with Crippen molar-refractivity contribution in [2.24, 2.45) is 5.92 Å². The van der Waals surface area contributed by atoms with Gasteiger partial charge in [0.15, 0.2) is 0 Å². The predicted octanol–water partition coefficient (Wildman–Crippen LogP) is 3.10. The number of ether oxygens (including phenoxy) is 2. The SMILES string of the molecule is CC[C@H](C)C(=O)Oc1ccc([C@H]2O[C@@H]2C)cc1. The molecule has 0 radical (unpaired) electrons. The van der Waals surface area contributed by atoms with E-state index >= 15 is 0 Å². The van der Waals surface area contributed by atoms with Crippen molar-refractivity contribution in [2.75, 3.05) is 0 Å². The van der Waals surface area contributed by atoms with Crippen molar-refractivity contribution in [3.8, 4) is 5.75 Å². The van der Waals surface area contributed by atoms with Crippen LogP contribution < -0.4 is 4.74 Å². The summed E-state index contributed by atoms with van der Waals surface area (Å²) in [6, 6.07) is 7.55. The summed E-state index contributed by atoms with van der Waals surface area (Å²) >= 11 is 0. The van der Waals surface area contributed by atoms with Crippen molar-refractivity contribution >= 4 is 5.97 Å². The van der Waals surface area contributed by atoms with Crippen LogP contribution in [0.15, 0.2) is 24.3 Å². The Morgan fingerprint density at radius 1 is 1.41 bits per heavy atom. The van der Waals surface area contributed by atoms with Crippen LogP contribution in [0.25, 0.3) is 0 Å². The van der Waals surface area contributed by atoms with E-state index in [1.54, 1.807) is 0 Å². The Kier molecular flexibility index (Phi) is 3.48. The molecule has 0 bridgehead atoms. The summed E-state index contributed by atoms with van der Waals surface area (Å²) in [7, 11) is 0. The van der Waals surface area contributed by atoms with Gasteiger partial charge in [0.2, 0.25) is 0 Å². The predicted molar refractivity (Wildman–Crippen MR) is 64.8 cm³/mol. The van der Waals surface area contributed by atoms with Crippen LogP contribution in [0, 0.1) is 5.92 Å². The van der Waals surface area contributed by atoms with Crippen LogP contribution in [0.4, 0.5) is 0 Å². The largest absolute Gasteiger partial charge is 0.426 e. The molecule has 1 heterocycles. The first kappa shape index (κ1) is 12.1. The topological polar surface area (TPSA) is 38.8 Å². The van der Waals surface area contributed by atoms with Crippen molar-refractivity contribution in [1.29, 1.82) is 0 Å². The maximum atomic E-state index is 11.6. The van der Waals surface area contributed by atoms with E-state index in [1.807, 2.05) is 45.0 Å². The van der Waals surface area contributed by atoms with Gasteiger partial charge < -0.3 is 9.47 Å². The molecule has 17 heavy (non-hydrogen) atoms. The van der Waals surface area contributed by atoms with Crippen LogP contribution >= 0.6 is 0 Å². The van der Waals surface area contributed by atoms with E-state index in [4.69, 9.17) is 9.47 Å². The molecule has 0 spiro atoms. The molecule has 0 saturated carbocycles. The van der Waals surface area contributed by atoms with E-state index in [9.17, 15) is 4.79 Å². The van der Waals surface area contributed by atoms with Gasteiger partial charge in [-0.1, -0.05) is 26.0 Å². The molecule has 1 saturated heterocycles. The van der Waals surface area contributed by atoms with E-state index in [2.05, 4.69) is 0 Å². The van der Waals surface area contributed by atoms with Crippen LogP contribution in [0.3, 0.4) is 0 Å². The minimum absolute atomic E-state index is 0.0542. The molecule has 3 heteroatoms. The highest BCUT2D eigenvalue weighted by atomic mass is 16.6. The lowest BCUT2D eigenvalue weighted by Crippen LogP contribution is -2.16. The van der Waals surface area contributed by atoms with Gasteiger partial charge in [-0.3, -0.25) is 4.79 Å². The highest BCUT2D eigenvalue weighted by molar-refractivity contribution is 5.74. The first-order valence-corrected chi connectivity index (χ1v) is 6.09. The van der Waals surface area contributed by atoms with Gasteiger partial charge in [-0.05, 0) is 31.0 Å². The second-order valence-corrected chi connectivity index (χ2v) is 4.56. The Bertz CT molecular complexity index is 396. The first-order valence-electron chi connectivity index (χ1n) is 6.09. The van der Waals surface area contributed by atoms with Gasteiger partial charge in [-0.2, -0.15) is 0 Å². The van der Waals surface area contributed by atoms with Gasteiger partial charge in [-0.25, -0.2) is 0 Å². The molecule has 0 amide bonds. The Balaban J connectivity index is 1.96. The number of epoxide rings is 1. The Hall–Kier alpha value is -1.35. The summed E-state index contributed by atoms with van der Waals surface area (Å²) in [6.07, 6.45) is 1.32. The Morgan fingerprint density at radius 3 is 2.47 bits per heavy atom. The van der Waals surface area contributed by atoms with Crippen molar-refractivity contribution in [3.05, 3.63) is 29.8 Å². The number of carbonyl (C=O) groups is 1. The van der Waals surface area contributed by atoms with Crippen LogP contribution in [0.2, 0.25) is 0 Å². The van der Waals surface area contributed by atoms with Gasteiger partial charge in [0.1, 0.15) is 11.9 Å². The van der Waals surface area contributed by atoms with Crippen LogP contribution in [-0.4, -0.2) is 12.1 Å². The van der Waals surface area contributed by atoms with Crippen molar-refractivity contribution < 1.29 is 14.3 Å². The molecular weight excluding hydrogens is 216 g/mol. The van der Waals surface area contributed by atoms with Crippen LogP contribution in [0.1, 0.15) is 38.9 Å². The summed E-state index contributed by atoms with van der Waals surface area (Å²) in [5, 5.41) is 0. The highest BCUT2D eigenvalue weighted by Crippen LogP contribution is 2.38. The second-order valence-electron chi connectivity index (χ2n) is 4.56. The fourth-order valence-corrected chi connectivity index (χ4v) is 1.64. The number of hydrogen-bond donors (Lipinski definition) is 0. The molecule has 2 rings (SSSR count). The molecule has 0 aliphatic carbocycles. The summed E-state index contributed by atoms with van der Waals surface area (Å²) in [6.45, 7) is 5.89. The quantitative estimate of drug-likeness (QED) is 0.456. The highest BCUT2D eigenvalue weighted by Gasteiger charge is 2.35. The molecule has 0 aromatic heterocycles. The fraction of sp³-hybridized carbons (Fsp3) is 0.500. The van der Waals surface area contributed by atoms with Crippen LogP contribution in [0.5, 0.6) is 5.75 Å². The maximum absolute atomic E-state index is 11.6. The minimum Gasteiger partial charge on any atom is -0.426 e. The normalized spacial score (nSPS) is 24.2. The number of esters is 1. The zero-order valence-electron chi connectivity index (χ0n) is 10.5. The summed E-state index contributed by atoms with van der Waals surface area (Å²) in [4.78, 5) is 11.6. The maximum Gasteiger partial charge on any atom is 0.314 e. The molecule has 1 aromatic rings. The lowest BCUT2D eigenvalue weighted by atomic mass is 10.1. The number of carbonyl (C=O) groups excluding carboxylic acids is 1. The Labute approximate surface area is 102 Å². The molecule has 1 aromatic carbocycles. The van der Waals surface area contributed by atoms with Gasteiger partial charge in [0.25, 0.3) is 0 Å². The van der Waals surface area contributed by atoms with Crippen molar-refractivity contribution in [3.63, 3.8) is 0 Å².